The summed E-state index contributed by atoms with van der Waals surface area (Å²) in [4.78, 5) is 18.9. The van der Waals surface area contributed by atoms with Crippen LogP contribution in [0.15, 0.2) is 34.5 Å². The quantitative estimate of drug-likeness (QED) is 0.274. The number of hydrogen-bond donors (Lipinski definition) is 1. The van der Waals surface area contributed by atoms with Crippen molar-refractivity contribution in [2.24, 2.45) is 15.6 Å². The van der Waals surface area contributed by atoms with Crippen molar-refractivity contribution in [1.29, 1.82) is 0 Å². The summed E-state index contributed by atoms with van der Waals surface area (Å²) in [6.45, 7) is 12.5. The highest BCUT2D eigenvalue weighted by molar-refractivity contribution is 7.09. The molecule has 0 aliphatic carbocycles. The van der Waals surface area contributed by atoms with Crippen LogP contribution in [0.3, 0.4) is 0 Å². The number of aromatic nitrogens is 1. The number of oxime groups is 1. The zero-order valence-electron chi connectivity index (χ0n) is 22.0. The average Bonchev–Trinajstić information content (AvgIpc) is 3.43. The number of rotatable bonds is 6. The Morgan fingerprint density at radius 3 is 2.46 bits per heavy atom. The van der Waals surface area contributed by atoms with E-state index in [2.05, 4.69) is 10.1 Å². The summed E-state index contributed by atoms with van der Waals surface area (Å²) < 4.78 is 53.7. The second-order valence-electron chi connectivity index (χ2n) is 11.1. The van der Waals surface area contributed by atoms with Crippen LogP contribution in [-0.2, 0) is 22.9 Å². The lowest BCUT2D eigenvalue weighted by atomic mass is 9.90. The molecule has 3 rings (SSSR count). The molecular weight excluding hydrogens is 507 g/mol. The Balaban J connectivity index is 2.05. The van der Waals surface area contributed by atoms with Crippen LogP contribution in [-0.4, -0.2) is 40.7 Å². The van der Waals surface area contributed by atoms with E-state index in [1.165, 1.54) is 11.3 Å². The van der Waals surface area contributed by atoms with Crippen LogP contribution in [0, 0.1) is 5.41 Å². The standard InChI is InChI=1S/C26H34F3N3O4S/c1-24(2,3)20(31-34)15-36-19-10-9-16(26(27,28)29)12-18(19)22(33)30-23-32(13-17-8-7-11-35-17)14-21(37-23)25(4,5)6/h9-10,12,14,17,34H,7-8,11,13,15H2,1-6H3/t17-/m1/s1. The first kappa shape index (κ1) is 28.9. The second-order valence-corrected chi connectivity index (χ2v) is 12.1. The van der Waals surface area contributed by atoms with E-state index >= 15 is 0 Å². The number of carbonyl (C=O) groups excluding carboxylic acids is 1. The number of carbonyl (C=O) groups is 1. The third-order valence-corrected chi connectivity index (χ3v) is 7.41. The van der Waals surface area contributed by atoms with Gasteiger partial charge in [0.05, 0.1) is 29.5 Å². The smallest absolute Gasteiger partial charge is 0.416 e. The minimum absolute atomic E-state index is 0.0162. The van der Waals surface area contributed by atoms with Gasteiger partial charge in [0.15, 0.2) is 4.80 Å². The number of thiazole rings is 1. The zero-order valence-corrected chi connectivity index (χ0v) is 22.8. The van der Waals surface area contributed by atoms with Gasteiger partial charge in [-0.3, -0.25) is 4.79 Å². The van der Waals surface area contributed by atoms with Gasteiger partial charge in [-0.25, -0.2) is 0 Å². The van der Waals surface area contributed by atoms with E-state index in [9.17, 15) is 23.2 Å². The molecule has 0 unspecified atom stereocenters. The molecule has 11 heteroatoms. The third-order valence-electron chi connectivity index (χ3n) is 5.97. The molecule has 0 bridgehead atoms. The highest BCUT2D eigenvalue weighted by Crippen LogP contribution is 2.33. The molecule has 1 N–H and O–H groups in total. The lowest BCUT2D eigenvalue weighted by Crippen LogP contribution is -2.27. The van der Waals surface area contributed by atoms with E-state index in [0.717, 1.165) is 35.9 Å². The Morgan fingerprint density at radius 2 is 1.92 bits per heavy atom. The summed E-state index contributed by atoms with van der Waals surface area (Å²) in [5.41, 5.74) is -1.81. The first-order chi connectivity index (χ1) is 17.1. The predicted octanol–water partition coefficient (Wildman–Crippen LogP) is 6.04. The minimum Gasteiger partial charge on any atom is -0.487 e. The molecule has 1 aromatic heterocycles. The molecule has 2 aromatic rings. The van der Waals surface area contributed by atoms with E-state index in [1.807, 2.05) is 31.5 Å². The van der Waals surface area contributed by atoms with Crippen molar-refractivity contribution in [2.75, 3.05) is 13.2 Å². The molecule has 0 radical (unpaired) electrons. The van der Waals surface area contributed by atoms with Crippen LogP contribution < -0.4 is 9.54 Å². The average molecular weight is 542 g/mol. The summed E-state index contributed by atoms with van der Waals surface area (Å²) in [6.07, 6.45) is -0.910. The Labute approximate surface area is 218 Å². The fraction of sp³-hybridized carbons (Fsp3) is 0.577. The van der Waals surface area contributed by atoms with Gasteiger partial charge in [-0.05, 0) is 36.5 Å². The van der Waals surface area contributed by atoms with Gasteiger partial charge in [0.2, 0.25) is 0 Å². The second kappa shape index (κ2) is 11.0. The van der Waals surface area contributed by atoms with Gasteiger partial charge in [-0.15, -0.1) is 11.3 Å². The van der Waals surface area contributed by atoms with Crippen LogP contribution in [0.25, 0.3) is 0 Å². The summed E-state index contributed by atoms with van der Waals surface area (Å²) in [5.74, 6) is -0.937. The number of hydrogen-bond acceptors (Lipinski definition) is 6. The van der Waals surface area contributed by atoms with Crippen molar-refractivity contribution in [3.63, 3.8) is 0 Å². The number of amides is 1. The molecule has 1 saturated heterocycles. The van der Waals surface area contributed by atoms with E-state index in [0.29, 0.717) is 18.0 Å². The monoisotopic (exact) mass is 541 g/mol. The van der Waals surface area contributed by atoms with E-state index in [4.69, 9.17) is 9.47 Å². The van der Waals surface area contributed by atoms with Crippen molar-refractivity contribution >= 4 is 23.0 Å². The number of halogens is 3. The maximum Gasteiger partial charge on any atom is 0.416 e. The predicted molar refractivity (Wildman–Crippen MR) is 135 cm³/mol. The normalized spacial score (nSPS) is 17.9. The van der Waals surface area contributed by atoms with Crippen LogP contribution in [0.5, 0.6) is 5.75 Å². The van der Waals surface area contributed by atoms with Crippen molar-refractivity contribution in [3.05, 3.63) is 45.2 Å². The van der Waals surface area contributed by atoms with Gasteiger partial charge >= 0.3 is 6.18 Å². The first-order valence-corrected chi connectivity index (χ1v) is 12.9. The Bertz CT molecular complexity index is 1210. The van der Waals surface area contributed by atoms with Gasteiger partial charge in [0, 0.05) is 23.1 Å². The molecule has 1 atom stereocenters. The molecule has 1 aliphatic heterocycles. The van der Waals surface area contributed by atoms with E-state index in [-0.39, 0.29) is 35.2 Å². The number of nitrogens with zero attached hydrogens (tertiary/aromatic N) is 3. The SMILES string of the molecule is CC(C)(C)C(COc1ccc(C(F)(F)F)cc1C(=O)N=c1sc(C(C)(C)C)cn1C[C@H]1CCCO1)=NO. The number of alkyl halides is 3. The van der Waals surface area contributed by atoms with Crippen molar-refractivity contribution in [3.8, 4) is 5.75 Å². The lowest BCUT2D eigenvalue weighted by Gasteiger charge is -2.20. The molecule has 1 fully saturated rings. The Hall–Kier alpha value is -2.66. The van der Waals surface area contributed by atoms with Crippen molar-refractivity contribution < 1.29 is 32.6 Å². The highest BCUT2D eigenvalue weighted by Gasteiger charge is 2.32. The fourth-order valence-electron chi connectivity index (χ4n) is 3.64. The molecule has 1 aromatic carbocycles. The van der Waals surface area contributed by atoms with Gasteiger partial charge in [0.25, 0.3) is 5.91 Å². The first-order valence-electron chi connectivity index (χ1n) is 12.1. The Kier molecular flexibility index (Phi) is 8.58. The highest BCUT2D eigenvalue weighted by atomic mass is 32.1. The summed E-state index contributed by atoms with van der Waals surface area (Å²) >= 11 is 1.32. The molecule has 0 saturated carbocycles. The van der Waals surface area contributed by atoms with Crippen LogP contribution >= 0.6 is 11.3 Å². The maximum atomic E-state index is 13.5. The lowest BCUT2D eigenvalue weighted by molar-refractivity contribution is -0.137. The van der Waals surface area contributed by atoms with E-state index in [1.54, 1.807) is 20.8 Å². The van der Waals surface area contributed by atoms with Gasteiger partial charge in [0.1, 0.15) is 12.4 Å². The van der Waals surface area contributed by atoms with Crippen LogP contribution in [0.2, 0.25) is 0 Å². The Morgan fingerprint density at radius 1 is 1.22 bits per heavy atom. The molecule has 204 valence electrons. The summed E-state index contributed by atoms with van der Waals surface area (Å²) in [6, 6.07) is 2.69. The summed E-state index contributed by atoms with van der Waals surface area (Å²) in [7, 11) is 0. The molecule has 1 aliphatic rings. The van der Waals surface area contributed by atoms with Gasteiger partial charge in [-0.2, -0.15) is 18.2 Å². The van der Waals surface area contributed by atoms with Crippen LogP contribution in [0.4, 0.5) is 13.2 Å². The largest absolute Gasteiger partial charge is 0.487 e. The van der Waals surface area contributed by atoms with Crippen molar-refractivity contribution in [2.45, 2.75) is 78.6 Å². The molecule has 0 spiro atoms. The van der Waals surface area contributed by atoms with E-state index < -0.39 is 23.1 Å². The molecule has 2 heterocycles. The molecule has 37 heavy (non-hydrogen) atoms. The molecular formula is C26H34F3N3O4S. The summed E-state index contributed by atoms with van der Waals surface area (Å²) in [5, 5.41) is 12.6. The zero-order chi connectivity index (χ0) is 27.6. The minimum atomic E-state index is -4.65. The van der Waals surface area contributed by atoms with Gasteiger partial charge in [-0.1, -0.05) is 46.7 Å². The number of ether oxygens (including phenoxy) is 2. The van der Waals surface area contributed by atoms with Crippen LogP contribution in [0.1, 0.15) is 75.2 Å². The number of benzene rings is 1. The maximum absolute atomic E-state index is 13.5. The topological polar surface area (TPSA) is 85.4 Å². The molecule has 7 nitrogen and oxygen atoms in total. The molecule has 1 amide bonds. The van der Waals surface area contributed by atoms with Crippen molar-refractivity contribution in [1.82, 2.24) is 4.57 Å². The fourth-order valence-corrected chi connectivity index (χ4v) is 4.70. The third kappa shape index (κ3) is 7.44. The van der Waals surface area contributed by atoms with Gasteiger partial charge < -0.3 is 19.2 Å².